The average Bonchev–Trinajstić information content (AvgIpc) is 3.01. The number of amides is 1. The van der Waals surface area contributed by atoms with Crippen LogP contribution >= 0.6 is 23.1 Å². The summed E-state index contributed by atoms with van der Waals surface area (Å²) < 4.78 is 6.43. The third kappa shape index (κ3) is 5.40. The van der Waals surface area contributed by atoms with Gasteiger partial charge in [0.05, 0.1) is 6.61 Å². The molecule has 0 atom stereocenters. The lowest BCUT2D eigenvalue weighted by Crippen LogP contribution is -2.24. The number of carbonyl (C=O) groups is 1. The Morgan fingerprint density at radius 2 is 2.19 bits per heavy atom. The van der Waals surface area contributed by atoms with Gasteiger partial charge in [-0.2, -0.15) is 0 Å². The number of carbonyl (C=O) groups excluding carboxylic acids is 1. The number of nitrogens with zero attached hydrogens (tertiary/aromatic N) is 1. The Balaban J connectivity index is 1.66. The van der Waals surface area contributed by atoms with Crippen molar-refractivity contribution in [2.45, 2.75) is 17.7 Å². The van der Waals surface area contributed by atoms with Crippen LogP contribution in [0.15, 0.2) is 40.2 Å². The van der Waals surface area contributed by atoms with Gasteiger partial charge in [0.15, 0.2) is 0 Å². The number of rotatable bonds is 8. The zero-order valence-electron chi connectivity index (χ0n) is 11.9. The Kier molecular flexibility index (Phi) is 6.56. The van der Waals surface area contributed by atoms with Gasteiger partial charge in [0.25, 0.3) is 5.91 Å². The molecular weight excluding hydrogens is 304 g/mol. The molecule has 0 aliphatic rings. The van der Waals surface area contributed by atoms with Crippen molar-refractivity contribution in [2.24, 2.45) is 0 Å². The lowest BCUT2D eigenvalue weighted by molar-refractivity contribution is 0.0954. The molecule has 0 fully saturated rings. The van der Waals surface area contributed by atoms with E-state index in [4.69, 9.17) is 4.74 Å². The normalized spacial score (nSPS) is 10.3. The summed E-state index contributed by atoms with van der Waals surface area (Å²) in [6.45, 7) is 3.23. The van der Waals surface area contributed by atoms with Crippen LogP contribution in [0, 0.1) is 0 Å². The summed E-state index contributed by atoms with van der Waals surface area (Å²) in [6.07, 6.45) is 2.73. The van der Waals surface area contributed by atoms with Crippen LogP contribution in [0.2, 0.25) is 0 Å². The predicted octanol–water partition coefficient (Wildman–Crippen LogP) is 3.45. The maximum Gasteiger partial charge on any atom is 0.251 e. The van der Waals surface area contributed by atoms with Gasteiger partial charge in [-0.1, -0.05) is 11.8 Å². The van der Waals surface area contributed by atoms with Gasteiger partial charge in [-0.05, 0) is 37.6 Å². The van der Waals surface area contributed by atoms with Crippen LogP contribution in [0.5, 0.6) is 5.75 Å². The molecule has 112 valence electrons. The Labute approximate surface area is 132 Å². The number of benzene rings is 1. The molecule has 1 N–H and O–H groups in total. The van der Waals surface area contributed by atoms with Crippen LogP contribution in [0.1, 0.15) is 23.7 Å². The monoisotopic (exact) mass is 322 g/mol. The highest BCUT2D eigenvalue weighted by molar-refractivity contribution is 8.00. The van der Waals surface area contributed by atoms with E-state index in [9.17, 15) is 4.79 Å². The third-order valence-corrected chi connectivity index (χ3v) is 4.72. The molecule has 1 amide bonds. The maximum atomic E-state index is 11.9. The zero-order chi connectivity index (χ0) is 14.9. The van der Waals surface area contributed by atoms with Crippen molar-refractivity contribution in [3.63, 3.8) is 0 Å². The van der Waals surface area contributed by atoms with Crippen molar-refractivity contribution in [1.29, 1.82) is 0 Å². The van der Waals surface area contributed by atoms with E-state index in [1.807, 2.05) is 24.4 Å². The molecule has 6 heteroatoms. The molecule has 0 saturated carbocycles. The van der Waals surface area contributed by atoms with Gasteiger partial charge in [-0.3, -0.25) is 4.79 Å². The quantitative estimate of drug-likeness (QED) is 0.597. The molecule has 2 aromatic rings. The van der Waals surface area contributed by atoms with Crippen LogP contribution in [-0.2, 0) is 0 Å². The number of aromatic nitrogens is 1. The van der Waals surface area contributed by atoms with E-state index >= 15 is 0 Å². The molecule has 0 saturated heterocycles. The topological polar surface area (TPSA) is 51.2 Å². The number of nitrogens with one attached hydrogen (secondary N) is 1. The lowest BCUT2D eigenvalue weighted by atomic mass is 10.2. The van der Waals surface area contributed by atoms with Crippen LogP contribution in [0.3, 0.4) is 0 Å². The van der Waals surface area contributed by atoms with Crippen LogP contribution in [-0.4, -0.2) is 29.8 Å². The Morgan fingerprint density at radius 1 is 1.38 bits per heavy atom. The maximum absolute atomic E-state index is 11.9. The van der Waals surface area contributed by atoms with E-state index in [0.29, 0.717) is 18.7 Å². The SMILES string of the molecule is CCOc1ccc(C(=O)NCCCSc2nccs2)cc1. The molecule has 0 unspecified atom stereocenters. The Morgan fingerprint density at radius 3 is 2.86 bits per heavy atom. The molecule has 21 heavy (non-hydrogen) atoms. The molecule has 0 spiro atoms. The first-order chi connectivity index (χ1) is 10.3. The molecule has 0 bridgehead atoms. The Hall–Kier alpha value is -1.53. The minimum atomic E-state index is -0.0442. The minimum absolute atomic E-state index is 0.0442. The fourth-order valence-electron chi connectivity index (χ4n) is 1.69. The van der Waals surface area contributed by atoms with E-state index in [1.165, 1.54) is 0 Å². The first kappa shape index (κ1) is 15.9. The lowest BCUT2D eigenvalue weighted by Gasteiger charge is -2.06. The van der Waals surface area contributed by atoms with Crippen molar-refractivity contribution in [1.82, 2.24) is 10.3 Å². The van der Waals surface area contributed by atoms with Crippen LogP contribution in [0.25, 0.3) is 0 Å². The van der Waals surface area contributed by atoms with Gasteiger partial charge in [0, 0.05) is 29.4 Å². The molecular formula is C15H18N2O2S2. The van der Waals surface area contributed by atoms with E-state index in [2.05, 4.69) is 10.3 Å². The number of hydrogen-bond acceptors (Lipinski definition) is 5. The second-order valence-electron chi connectivity index (χ2n) is 4.21. The first-order valence-electron chi connectivity index (χ1n) is 6.83. The molecule has 0 radical (unpaired) electrons. The number of hydrogen-bond donors (Lipinski definition) is 1. The highest BCUT2D eigenvalue weighted by Crippen LogP contribution is 2.20. The summed E-state index contributed by atoms with van der Waals surface area (Å²) >= 11 is 3.36. The molecule has 4 nitrogen and oxygen atoms in total. The third-order valence-electron chi connectivity index (χ3n) is 2.67. The molecule has 0 aliphatic carbocycles. The molecule has 2 rings (SSSR count). The number of thiazole rings is 1. The summed E-state index contributed by atoms with van der Waals surface area (Å²) in [7, 11) is 0. The van der Waals surface area contributed by atoms with Gasteiger partial charge < -0.3 is 10.1 Å². The summed E-state index contributed by atoms with van der Waals surface area (Å²) in [5, 5.41) is 4.89. The average molecular weight is 322 g/mol. The summed E-state index contributed by atoms with van der Waals surface area (Å²) in [5.74, 6) is 1.70. The van der Waals surface area contributed by atoms with E-state index in [0.717, 1.165) is 22.3 Å². The van der Waals surface area contributed by atoms with E-state index in [-0.39, 0.29) is 5.91 Å². The standard InChI is InChI=1S/C15H18N2O2S2/c1-2-19-13-6-4-12(5-7-13)14(18)16-8-3-10-20-15-17-9-11-21-15/h4-7,9,11H,2-3,8,10H2,1H3,(H,16,18). The van der Waals surface area contributed by atoms with Gasteiger partial charge in [0.2, 0.25) is 0 Å². The number of thioether (sulfide) groups is 1. The van der Waals surface area contributed by atoms with Crippen molar-refractivity contribution in [3.8, 4) is 5.75 Å². The van der Waals surface area contributed by atoms with E-state index < -0.39 is 0 Å². The molecule has 1 heterocycles. The molecule has 1 aromatic carbocycles. The van der Waals surface area contributed by atoms with E-state index in [1.54, 1.807) is 41.4 Å². The fourth-order valence-corrected chi connectivity index (χ4v) is 3.33. The molecule has 1 aromatic heterocycles. The zero-order valence-corrected chi connectivity index (χ0v) is 13.5. The first-order valence-corrected chi connectivity index (χ1v) is 8.69. The van der Waals surface area contributed by atoms with Crippen LogP contribution < -0.4 is 10.1 Å². The summed E-state index contributed by atoms with van der Waals surface area (Å²) in [5.41, 5.74) is 0.658. The Bertz CT molecular complexity index is 541. The molecule has 0 aliphatic heterocycles. The second kappa shape index (κ2) is 8.69. The second-order valence-corrected chi connectivity index (χ2v) is 6.45. The fraction of sp³-hybridized carbons (Fsp3) is 0.333. The highest BCUT2D eigenvalue weighted by Gasteiger charge is 2.05. The predicted molar refractivity (Wildman–Crippen MR) is 87.4 cm³/mol. The minimum Gasteiger partial charge on any atom is -0.494 e. The summed E-state index contributed by atoms with van der Waals surface area (Å²) in [4.78, 5) is 16.1. The smallest absolute Gasteiger partial charge is 0.251 e. The van der Waals surface area contributed by atoms with Crippen molar-refractivity contribution >= 4 is 29.0 Å². The highest BCUT2D eigenvalue weighted by atomic mass is 32.2. The van der Waals surface area contributed by atoms with Crippen molar-refractivity contribution in [3.05, 3.63) is 41.4 Å². The van der Waals surface area contributed by atoms with Crippen molar-refractivity contribution < 1.29 is 9.53 Å². The summed E-state index contributed by atoms with van der Waals surface area (Å²) in [6, 6.07) is 7.20. The number of ether oxygens (including phenoxy) is 1. The van der Waals surface area contributed by atoms with Crippen molar-refractivity contribution in [2.75, 3.05) is 18.9 Å². The largest absolute Gasteiger partial charge is 0.494 e. The van der Waals surface area contributed by atoms with Gasteiger partial charge >= 0.3 is 0 Å². The van der Waals surface area contributed by atoms with Crippen LogP contribution in [0.4, 0.5) is 0 Å². The van der Waals surface area contributed by atoms with Gasteiger partial charge in [0.1, 0.15) is 10.1 Å². The van der Waals surface area contributed by atoms with Gasteiger partial charge in [-0.15, -0.1) is 11.3 Å². The van der Waals surface area contributed by atoms with Gasteiger partial charge in [-0.25, -0.2) is 4.98 Å².